The molecule has 1 atom stereocenters. The Morgan fingerprint density at radius 3 is 2.67 bits per heavy atom. The molecule has 0 unspecified atom stereocenters. The molecular formula is C15H23F3N4O2. The molecule has 0 spiro atoms. The van der Waals surface area contributed by atoms with E-state index in [4.69, 9.17) is 4.74 Å². The van der Waals surface area contributed by atoms with E-state index in [1.54, 1.807) is 12.0 Å². The highest BCUT2D eigenvalue weighted by Gasteiger charge is 2.34. The number of carbonyl (C=O) groups excluding carboxylic acids is 1. The average Bonchev–Trinajstić information content (AvgIpc) is 3.03. The van der Waals surface area contributed by atoms with E-state index in [-0.39, 0.29) is 18.1 Å². The minimum atomic E-state index is -4.43. The first-order valence-corrected chi connectivity index (χ1v) is 7.98. The van der Waals surface area contributed by atoms with Crippen molar-refractivity contribution in [1.29, 1.82) is 0 Å². The van der Waals surface area contributed by atoms with Gasteiger partial charge in [-0.05, 0) is 32.3 Å². The van der Waals surface area contributed by atoms with E-state index in [2.05, 4.69) is 10.4 Å². The fraction of sp³-hybridized carbons (Fsp3) is 0.733. The summed E-state index contributed by atoms with van der Waals surface area (Å²) in [6.07, 6.45) is -1.18. The summed E-state index contributed by atoms with van der Waals surface area (Å²) in [6, 6.07) is 0.733. The summed E-state index contributed by atoms with van der Waals surface area (Å²) >= 11 is 0. The Morgan fingerprint density at radius 2 is 2.12 bits per heavy atom. The van der Waals surface area contributed by atoms with Crippen molar-refractivity contribution in [2.75, 3.05) is 26.8 Å². The summed E-state index contributed by atoms with van der Waals surface area (Å²) in [5.41, 5.74) is -0.880. The van der Waals surface area contributed by atoms with Gasteiger partial charge in [0.15, 0.2) is 5.69 Å². The fourth-order valence-electron chi connectivity index (χ4n) is 2.69. The number of nitrogens with zero attached hydrogens (tertiary/aromatic N) is 3. The van der Waals surface area contributed by atoms with Crippen LogP contribution in [0, 0.1) is 0 Å². The second kappa shape index (κ2) is 7.87. The number of rotatable bonds is 5. The van der Waals surface area contributed by atoms with E-state index in [0.29, 0.717) is 32.5 Å². The lowest BCUT2D eigenvalue weighted by molar-refractivity contribution is -0.141. The normalized spacial score (nSPS) is 17.8. The molecule has 0 bridgehead atoms. The minimum absolute atomic E-state index is 0.00985. The highest BCUT2D eigenvalue weighted by Crippen LogP contribution is 2.29. The van der Waals surface area contributed by atoms with E-state index in [0.717, 1.165) is 12.5 Å². The molecule has 0 aromatic carbocycles. The van der Waals surface area contributed by atoms with E-state index in [9.17, 15) is 18.0 Å². The molecule has 0 saturated carbocycles. The maximum absolute atomic E-state index is 12.6. The zero-order valence-corrected chi connectivity index (χ0v) is 13.8. The number of nitrogens with one attached hydrogen (secondary N) is 1. The quantitative estimate of drug-likeness (QED) is 0.890. The van der Waals surface area contributed by atoms with Crippen LogP contribution in [-0.4, -0.2) is 53.6 Å². The first-order chi connectivity index (χ1) is 11.3. The van der Waals surface area contributed by atoms with Crippen molar-refractivity contribution in [1.82, 2.24) is 20.0 Å². The van der Waals surface area contributed by atoms with Gasteiger partial charge in [-0.25, -0.2) is 4.79 Å². The highest BCUT2D eigenvalue weighted by molar-refractivity contribution is 5.74. The van der Waals surface area contributed by atoms with Gasteiger partial charge in [0.05, 0.1) is 6.04 Å². The predicted molar refractivity (Wildman–Crippen MR) is 81.6 cm³/mol. The molecule has 2 heterocycles. The summed E-state index contributed by atoms with van der Waals surface area (Å²) in [7, 11) is 1.61. The predicted octanol–water partition coefficient (Wildman–Crippen LogP) is 2.67. The molecule has 1 aliphatic heterocycles. The van der Waals surface area contributed by atoms with Crippen LogP contribution >= 0.6 is 0 Å². The molecule has 0 radical (unpaired) electrons. The van der Waals surface area contributed by atoms with Crippen LogP contribution in [0.25, 0.3) is 0 Å². The molecule has 9 heteroatoms. The Hall–Kier alpha value is -1.77. The molecule has 136 valence electrons. The second-order valence-electron chi connectivity index (χ2n) is 6.03. The first kappa shape index (κ1) is 18.6. The first-order valence-electron chi connectivity index (χ1n) is 7.98. The molecule has 1 aliphatic rings. The van der Waals surface area contributed by atoms with Gasteiger partial charge >= 0.3 is 12.2 Å². The number of likely N-dealkylation sites (tertiary alicyclic amines) is 1. The minimum Gasteiger partial charge on any atom is -0.385 e. The zero-order chi connectivity index (χ0) is 17.7. The molecule has 1 saturated heterocycles. The number of amides is 2. The highest BCUT2D eigenvalue weighted by atomic mass is 19.4. The fourth-order valence-corrected chi connectivity index (χ4v) is 2.69. The average molecular weight is 348 g/mol. The molecule has 0 aliphatic carbocycles. The van der Waals surface area contributed by atoms with E-state index < -0.39 is 11.9 Å². The number of hydrogen-bond donors (Lipinski definition) is 1. The molecule has 1 fully saturated rings. The SMILES string of the molecule is COCC[C@@H](C)NC(=O)N1CCC(n2ccc(C(F)(F)F)n2)CC1. The van der Waals surface area contributed by atoms with E-state index >= 15 is 0 Å². The van der Waals surface area contributed by atoms with Gasteiger partial charge in [0.2, 0.25) is 0 Å². The monoisotopic (exact) mass is 348 g/mol. The molecule has 1 aromatic rings. The van der Waals surface area contributed by atoms with Crippen molar-refractivity contribution in [2.45, 2.75) is 44.4 Å². The molecule has 6 nitrogen and oxygen atoms in total. The summed E-state index contributed by atoms with van der Waals surface area (Å²) in [6.45, 7) is 3.47. The Labute approximate surface area is 138 Å². The third-order valence-electron chi connectivity index (χ3n) is 4.15. The van der Waals surface area contributed by atoms with Crippen molar-refractivity contribution in [3.8, 4) is 0 Å². The molecule has 24 heavy (non-hydrogen) atoms. The van der Waals surface area contributed by atoms with Crippen molar-refractivity contribution in [3.63, 3.8) is 0 Å². The van der Waals surface area contributed by atoms with Crippen LogP contribution < -0.4 is 5.32 Å². The third kappa shape index (κ3) is 4.86. The molecular weight excluding hydrogens is 325 g/mol. The van der Waals surface area contributed by atoms with Gasteiger partial charge in [0.1, 0.15) is 0 Å². The zero-order valence-electron chi connectivity index (χ0n) is 13.8. The van der Waals surface area contributed by atoms with Crippen LogP contribution in [0.15, 0.2) is 12.3 Å². The maximum atomic E-state index is 12.6. The third-order valence-corrected chi connectivity index (χ3v) is 4.15. The van der Waals surface area contributed by atoms with Crippen LogP contribution in [0.5, 0.6) is 0 Å². The Morgan fingerprint density at radius 1 is 1.46 bits per heavy atom. The van der Waals surface area contributed by atoms with Gasteiger partial charge in [0.25, 0.3) is 0 Å². The molecule has 2 rings (SSSR count). The topological polar surface area (TPSA) is 59.4 Å². The Bertz CT molecular complexity index is 539. The lowest BCUT2D eigenvalue weighted by atomic mass is 10.1. The summed E-state index contributed by atoms with van der Waals surface area (Å²) in [5.74, 6) is 0. The number of alkyl halides is 3. The van der Waals surface area contributed by atoms with Gasteiger partial charge in [0, 0.05) is 39.0 Å². The number of methoxy groups -OCH3 is 1. The van der Waals surface area contributed by atoms with Crippen LogP contribution in [0.4, 0.5) is 18.0 Å². The van der Waals surface area contributed by atoms with Crippen molar-refractivity contribution < 1.29 is 22.7 Å². The maximum Gasteiger partial charge on any atom is 0.435 e. The molecule has 1 aromatic heterocycles. The number of aromatic nitrogens is 2. The van der Waals surface area contributed by atoms with Crippen LogP contribution in [-0.2, 0) is 10.9 Å². The molecule has 1 N–H and O–H groups in total. The van der Waals surface area contributed by atoms with Gasteiger partial charge in [-0.15, -0.1) is 0 Å². The van der Waals surface area contributed by atoms with Crippen LogP contribution in [0.3, 0.4) is 0 Å². The van der Waals surface area contributed by atoms with Crippen LogP contribution in [0.1, 0.15) is 37.9 Å². The van der Waals surface area contributed by atoms with Crippen molar-refractivity contribution >= 4 is 6.03 Å². The van der Waals surface area contributed by atoms with Crippen molar-refractivity contribution in [2.24, 2.45) is 0 Å². The summed E-state index contributed by atoms with van der Waals surface area (Å²) < 4.78 is 44.1. The van der Waals surface area contributed by atoms with E-state index in [1.165, 1.54) is 10.9 Å². The van der Waals surface area contributed by atoms with E-state index in [1.807, 2.05) is 6.92 Å². The summed E-state index contributed by atoms with van der Waals surface area (Å²) in [4.78, 5) is 13.8. The second-order valence-corrected chi connectivity index (χ2v) is 6.03. The Kier molecular flexibility index (Phi) is 6.09. The number of urea groups is 1. The lowest BCUT2D eigenvalue weighted by Gasteiger charge is -2.33. The summed E-state index contributed by atoms with van der Waals surface area (Å²) in [5, 5.41) is 6.51. The smallest absolute Gasteiger partial charge is 0.385 e. The lowest BCUT2D eigenvalue weighted by Crippen LogP contribution is -2.47. The number of carbonyl (C=O) groups is 1. The largest absolute Gasteiger partial charge is 0.435 e. The van der Waals surface area contributed by atoms with Gasteiger partial charge in [-0.1, -0.05) is 0 Å². The van der Waals surface area contributed by atoms with Crippen molar-refractivity contribution in [3.05, 3.63) is 18.0 Å². The van der Waals surface area contributed by atoms with Gasteiger partial charge in [-0.3, -0.25) is 4.68 Å². The molecule has 2 amide bonds. The standard InChI is InChI=1S/C15H23F3N4O2/c1-11(6-10-24-2)19-14(23)21-7-3-12(4-8-21)22-9-5-13(20-22)15(16,17)18/h5,9,11-12H,3-4,6-8,10H2,1-2H3,(H,19,23)/t11-/m1/s1. The number of hydrogen-bond acceptors (Lipinski definition) is 3. The van der Waals surface area contributed by atoms with Crippen LogP contribution in [0.2, 0.25) is 0 Å². The Balaban J connectivity index is 1.82. The number of piperidine rings is 1. The van der Waals surface area contributed by atoms with Gasteiger partial charge < -0.3 is 15.0 Å². The number of halogens is 3. The number of ether oxygens (including phenoxy) is 1. The van der Waals surface area contributed by atoms with Gasteiger partial charge in [-0.2, -0.15) is 18.3 Å².